The second kappa shape index (κ2) is 7.16. The summed E-state index contributed by atoms with van der Waals surface area (Å²) in [5, 5.41) is 6.99. The van der Waals surface area contributed by atoms with E-state index in [0.29, 0.717) is 31.7 Å². The Bertz CT molecular complexity index is 714. The summed E-state index contributed by atoms with van der Waals surface area (Å²) >= 11 is 0. The van der Waals surface area contributed by atoms with Crippen LogP contribution in [-0.4, -0.2) is 41.3 Å². The summed E-state index contributed by atoms with van der Waals surface area (Å²) in [6.45, 7) is 0.975. The third-order valence-corrected chi connectivity index (χ3v) is 3.99. The fraction of sp³-hybridized carbons (Fsp3) is 0.353. The van der Waals surface area contributed by atoms with Crippen LogP contribution in [0.2, 0.25) is 0 Å². The molecule has 1 aromatic carbocycles. The highest BCUT2D eigenvalue weighted by Gasteiger charge is 2.32. The van der Waals surface area contributed by atoms with Gasteiger partial charge in [0, 0.05) is 38.3 Å². The van der Waals surface area contributed by atoms with Gasteiger partial charge in [0.05, 0.1) is 18.8 Å². The number of carbonyl (C=O) groups excluding carboxylic acids is 2. The number of benzene rings is 1. The first-order valence-corrected chi connectivity index (χ1v) is 7.87. The standard InChI is InChI=1S/C17H20N4O3/c1-24-15-6-3-2-5-14(15)21-12-13(11-17(21)23)19-16(22)7-10-20-9-4-8-18-20/h2-6,8-9,13H,7,10-12H2,1H3,(H,19,22)/t13-/m1/s1. The van der Waals surface area contributed by atoms with Gasteiger partial charge in [0.2, 0.25) is 11.8 Å². The summed E-state index contributed by atoms with van der Waals surface area (Å²) in [4.78, 5) is 26.0. The minimum absolute atomic E-state index is 0.0168. The quantitative estimate of drug-likeness (QED) is 0.864. The van der Waals surface area contributed by atoms with Gasteiger partial charge in [0.1, 0.15) is 5.75 Å². The first-order valence-electron chi connectivity index (χ1n) is 7.87. The number of hydrogen-bond acceptors (Lipinski definition) is 4. The Labute approximate surface area is 140 Å². The van der Waals surface area contributed by atoms with E-state index in [1.807, 2.05) is 36.5 Å². The van der Waals surface area contributed by atoms with E-state index in [4.69, 9.17) is 4.74 Å². The molecule has 0 unspecified atom stereocenters. The number of hydrogen-bond donors (Lipinski definition) is 1. The lowest BCUT2D eigenvalue weighted by atomic mass is 10.2. The largest absolute Gasteiger partial charge is 0.495 e. The Kier molecular flexibility index (Phi) is 4.79. The number of methoxy groups -OCH3 is 1. The van der Waals surface area contributed by atoms with Crippen molar-refractivity contribution >= 4 is 17.5 Å². The molecule has 0 radical (unpaired) electrons. The zero-order chi connectivity index (χ0) is 16.9. The molecule has 1 saturated heterocycles. The van der Waals surface area contributed by atoms with Crippen molar-refractivity contribution in [1.82, 2.24) is 15.1 Å². The van der Waals surface area contributed by atoms with Gasteiger partial charge >= 0.3 is 0 Å². The van der Waals surface area contributed by atoms with Crippen LogP contribution in [-0.2, 0) is 16.1 Å². The molecule has 1 aromatic heterocycles. The third-order valence-electron chi connectivity index (χ3n) is 3.99. The monoisotopic (exact) mass is 328 g/mol. The molecule has 0 saturated carbocycles. The first kappa shape index (κ1) is 16.0. The number of aromatic nitrogens is 2. The van der Waals surface area contributed by atoms with Crippen LogP contribution in [0, 0.1) is 0 Å². The number of carbonyl (C=O) groups is 2. The van der Waals surface area contributed by atoms with Crippen LogP contribution in [0.1, 0.15) is 12.8 Å². The molecule has 1 fully saturated rings. The molecular weight excluding hydrogens is 308 g/mol. The van der Waals surface area contributed by atoms with Crippen molar-refractivity contribution in [3.8, 4) is 5.75 Å². The fourth-order valence-electron chi connectivity index (χ4n) is 2.84. The Hall–Kier alpha value is -2.83. The van der Waals surface area contributed by atoms with E-state index in [1.54, 1.807) is 22.9 Å². The Morgan fingerprint density at radius 1 is 1.38 bits per heavy atom. The predicted octanol–water partition coefficient (Wildman–Crippen LogP) is 1.20. The minimum atomic E-state index is -0.187. The van der Waals surface area contributed by atoms with E-state index >= 15 is 0 Å². The number of nitrogens with zero attached hydrogens (tertiary/aromatic N) is 3. The number of ether oxygens (including phenoxy) is 1. The van der Waals surface area contributed by atoms with Gasteiger partial charge < -0.3 is 15.0 Å². The van der Waals surface area contributed by atoms with E-state index in [0.717, 1.165) is 5.69 Å². The first-order chi connectivity index (χ1) is 11.7. The van der Waals surface area contributed by atoms with Gasteiger partial charge in [-0.2, -0.15) is 5.10 Å². The molecule has 2 heterocycles. The van der Waals surface area contributed by atoms with Gasteiger partial charge in [0.15, 0.2) is 0 Å². The molecule has 1 N–H and O–H groups in total. The van der Waals surface area contributed by atoms with E-state index < -0.39 is 0 Å². The van der Waals surface area contributed by atoms with Gasteiger partial charge in [-0.3, -0.25) is 14.3 Å². The zero-order valence-corrected chi connectivity index (χ0v) is 13.5. The van der Waals surface area contributed by atoms with Crippen molar-refractivity contribution in [2.24, 2.45) is 0 Å². The molecule has 1 aliphatic rings. The average Bonchev–Trinajstić information content (AvgIpc) is 3.22. The van der Waals surface area contributed by atoms with Crippen LogP contribution in [0.25, 0.3) is 0 Å². The number of amides is 2. The van der Waals surface area contributed by atoms with Crippen molar-refractivity contribution in [2.75, 3.05) is 18.6 Å². The number of nitrogens with one attached hydrogen (secondary N) is 1. The molecule has 3 rings (SSSR count). The molecule has 2 amide bonds. The van der Waals surface area contributed by atoms with Crippen molar-refractivity contribution in [1.29, 1.82) is 0 Å². The van der Waals surface area contributed by atoms with Crippen LogP contribution in [0.3, 0.4) is 0 Å². The molecule has 0 aliphatic carbocycles. The number of aryl methyl sites for hydroxylation is 1. The molecule has 7 heteroatoms. The van der Waals surface area contributed by atoms with Crippen LogP contribution in [0.4, 0.5) is 5.69 Å². The number of anilines is 1. The molecule has 24 heavy (non-hydrogen) atoms. The number of rotatable bonds is 6. The Balaban J connectivity index is 1.57. The van der Waals surface area contributed by atoms with Gasteiger partial charge in [-0.25, -0.2) is 0 Å². The molecule has 2 aromatic rings. The molecule has 0 bridgehead atoms. The van der Waals surface area contributed by atoms with E-state index in [1.165, 1.54) is 0 Å². The molecule has 0 spiro atoms. The van der Waals surface area contributed by atoms with Crippen LogP contribution < -0.4 is 15.0 Å². The van der Waals surface area contributed by atoms with Crippen molar-refractivity contribution in [3.63, 3.8) is 0 Å². The highest BCUT2D eigenvalue weighted by atomic mass is 16.5. The van der Waals surface area contributed by atoms with Gasteiger partial charge in [-0.05, 0) is 18.2 Å². The van der Waals surface area contributed by atoms with Gasteiger partial charge in [-0.1, -0.05) is 12.1 Å². The van der Waals surface area contributed by atoms with E-state index in [-0.39, 0.29) is 17.9 Å². The summed E-state index contributed by atoms with van der Waals surface area (Å²) in [5.74, 6) is 0.554. The lowest BCUT2D eigenvalue weighted by molar-refractivity contribution is -0.122. The predicted molar refractivity (Wildman–Crippen MR) is 88.7 cm³/mol. The lowest BCUT2D eigenvalue weighted by Gasteiger charge is -2.19. The second-order valence-electron chi connectivity index (χ2n) is 5.66. The molecule has 126 valence electrons. The summed E-state index contributed by atoms with van der Waals surface area (Å²) in [7, 11) is 1.58. The SMILES string of the molecule is COc1ccccc1N1C[C@H](NC(=O)CCn2cccn2)CC1=O. The highest BCUT2D eigenvalue weighted by molar-refractivity contribution is 5.98. The summed E-state index contributed by atoms with van der Waals surface area (Å²) in [6, 6.07) is 9.02. The van der Waals surface area contributed by atoms with Crippen LogP contribution in [0.15, 0.2) is 42.7 Å². The normalized spacial score (nSPS) is 17.1. The van der Waals surface area contributed by atoms with Crippen LogP contribution in [0.5, 0.6) is 5.75 Å². The van der Waals surface area contributed by atoms with Crippen molar-refractivity contribution < 1.29 is 14.3 Å². The fourth-order valence-corrected chi connectivity index (χ4v) is 2.84. The zero-order valence-electron chi connectivity index (χ0n) is 13.5. The minimum Gasteiger partial charge on any atom is -0.495 e. The Morgan fingerprint density at radius 2 is 2.21 bits per heavy atom. The summed E-state index contributed by atoms with van der Waals surface area (Å²) in [6.07, 6.45) is 4.13. The molecule has 7 nitrogen and oxygen atoms in total. The lowest BCUT2D eigenvalue weighted by Crippen LogP contribution is -2.37. The van der Waals surface area contributed by atoms with E-state index in [2.05, 4.69) is 10.4 Å². The maximum Gasteiger partial charge on any atom is 0.229 e. The van der Waals surface area contributed by atoms with E-state index in [9.17, 15) is 9.59 Å². The van der Waals surface area contributed by atoms with Gasteiger partial charge in [0.25, 0.3) is 0 Å². The summed E-state index contributed by atoms with van der Waals surface area (Å²) < 4.78 is 7.02. The maximum atomic E-state index is 12.3. The molecule has 1 atom stereocenters. The highest BCUT2D eigenvalue weighted by Crippen LogP contribution is 2.30. The summed E-state index contributed by atoms with van der Waals surface area (Å²) in [5.41, 5.74) is 0.735. The molecule has 1 aliphatic heterocycles. The Morgan fingerprint density at radius 3 is 2.96 bits per heavy atom. The van der Waals surface area contributed by atoms with Crippen molar-refractivity contribution in [3.05, 3.63) is 42.7 Å². The van der Waals surface area contributed by atoms with Crippen molar-refractivity contribution in [2.45, 2.75) is 25.4 Å². The number of para-hydroxylation sites is 2. The average molecular weight is 328 g/mol. The topological polar surface area (TPSA) is 76.5 Å². The third kappa shape index (κ3) is 3.56. The molecular formula is C17H20N4O3. The second-order valence-corrected chi connectivity index (χ2v) is 5.66. The smallest absolute Gasteiger partial charge is 0.229 e. The maximum absolute atomic E-state index is 12.3. The van der Waals surface area contributed by atoms with Gasteiger partial charge in [-0.15, -0.1) is 0 Å². The van der Waals surface area contributed by atoms with Crippen LogP contribution >= 0.6 is 0 Å².